The topological polar surface area (TPSA) is 68.0 Å². The molecule has 0 fully saturated rings. The molecule has 1 aromatic carbocycles. The maximum Gasteiger partial charge on any atom is 0.230 e. The van der Waals surface area contributed by atoms with E-state index in [4.69, 9.17) is 5.73 Å². The van der Waals surface area contributed by atoms with Crippen molar-refractivity contribution in [2.24, 2.45) is 5.73 Å². The highest BCUT2D eigenvalue weighted by Gasteiger charge is 2.20. The lowest BCUT2D eigenvalue weighted by Gasteiger charge is -2.15. The summed E-state index contributed by atoms with van der Waals surface area (Å²) in [6.07, 6.45) is 3.16. The van der Waals surface area contributed by atoms with Crippen LogP contribution in [0, 0.1) is 13.8 Å². The number of amides is 1. The van der Waals surface area contributed by atoms with Crippen LogP contribution in [0.2, 0.25) is 0 Å². The fraction of sp³-hybridized carbons (Fsp3) is 0.412. The molecule has 0 saturated heterocycles. The lowest BCUT2D eigenvalue weighted by Crippen LogP contribution is -2.27. The van der Waals surface area contributed by atoms with Gasteiger partial charge in [0.1, 0.15) is 0 Å². The highest BCUT2D eigenvalue weighted by Crippen LogP contribution is 2.29. The van der Waals surface area contributed by atoms with Crippen LogP contribution in [0.5, 0.6) is 0 Å². The Morgan fingerprint density at radius 3 is 3.00 bits per heavy atom. The molecule has 6 heteroatoms. The molecule has 2 aromatic rings. The molecule has 124 valence electrons. The van der Waals surface area contributed by atoms with E-state index in [1.54, 1.807) is 11.3 Å². The van der Waals surface area contributed by atoms with E-state index in [9.17, 15) is 4.79 Å². The van der Waals surface area contributed by atoms with Crippen LogP contribution >= 0.6 is 23.7 Å². The quantitative estimate of drug-likeness (QED) is 0.892. The highest BCUT2D eigenvalue weighted by molar-refractivity contribution is 7.15. The summed E-state index contributed by atoms with van der Waals surface area (Å²) in [5.41, 5.74) is 10.5. The van der Waals surface area contributed by atoms with Crippen LogP contribution in [0.4, 0.5) is 5.13 Å². The van der Waals surface area contributed by atoms with Gasteiger partial charge in [-0.25, -0.2) is 4.98 Å². The first kappa shape index (κ1) is 17.9. The number of rotatable bonds is 3. The lowest BCUT2D eigenvalue weighted by atomic mass is 9.99. The van der Waals surface area contributed by atoms with Gasteiger partial charge in [-0.05, 0) is 44.2 Å². The number of carbonyl (C=O) groups excluding carboxylic acids is 1. The second-order valence-electron chi connectivity index (χ2n) is 6.05. The van der Waals surface area contributed by atoms with E-state index < -0.39 is 0 Å². The number of thiazole rings is 1. The molecule has 3 rings (SSSR count). The Hall–Kier alpha value is -1.43. The van der Waals surface area contributed by atoms with Crippen molar-refractivity contribution in [2.45, 2.75) is 45.6 Å². The van der Waals surface area contributed by atoms with Crippen LogP contribution in [-0.2, 0) is 24.1 Å². The van der Waals surface area contributed by atoms with E-state index >= 15 is 0 Å². The van der Waals surface area contributed by atoms with Gasteiger partial charge in [-0.1, -0.05) is 23.8 Å². The van der Waals surface area contributed by atoms with E-state index in [2.05, 4.69) is 28.5 Å². The van der Waals surface area contributed by atoms with Crippen molar-refractivity contribution in [2.75, 3.05) is 5.32 Å². The number of nitrogens with two attached hydrogens (primary N) is 1. The van der Waals surface area contributed by atoms with Gasteiger partial charge in [-0.2, -0.15) is 0 Å². The molecule has 23 heavy (non-hydrogen) atoms. The van der Waals surface area contributed by atoms with Gasteiger partial charge in [-0.3, -0.25) is 4.79 Å². The lowest BCUT2D eigenvalue weighted by molar-refractivity contribution is -0.115. The van der Waals surface area contributed by atoms with Crippen LogP contribution in [-0.4, -0.2) is 16.9 Å². The predicted molar refractivity (Wildman–Crippen MR) is 97.6 cm³/mol. The van der Waals surface area contributed by atoms with Gasteiger partial charge < -0.3 is 11.1 Å². The monoisotopic (exact) mass is 351 g/mol. The first-order valence-electron chi connectivity index (χ1n) is 7.61. The fourth-order valence-electron chi connectivity index (χ4n) is 2.78. The second kappa shape index (κ2) is 7.43. The first-order chi connectivity index (χ1) is 10.5. The number of hydrogen-bond acceptors (Lipinski definition) is 4. The van der Waals surface area contributed by atoms with E-state index in [-0.39, 0.29) is 24.4 Å². The first-order valence-corrected chi connectivity index (χ1v) is 8.43. The summed E-state index contributed by atoms with van der Waals surface area (Å²) < 4.78 is 0. The van der Waals surface area contributed by atoms with Gasteiger partial charge >= 0.3 is 0 Å². The normalized spacial score (nSPS) is 16.4. The van der Waals surface area contributed by atoms with Crippen molar-refractivity contribution in [3.63, 3.8) is 0 Å². The van der Waals surface area contributed by atoms with Crippen molar-refractivity contribution in [3.05, 3.63) is 45.5 Å². The number of halogens is 1. The van der Waals surface area contributed by atoms with Gasteiger partial charge in [-0.15, -0.1) is 23.7 Å². The molecule has 1 aromatic heterocycles. The number of hydrogen-bond donors (Lipinski definition) is 2. The van der Waals surface area contributed by atoms with Crippen molar-refractivity contribution >= 4 is 34.8 Å². The number of carbonyl (C=O) groups is 1. The molecule has 1 heterocycles. The zero-order chi connectivity index (χ0) is 15.7. The third-order valence-corrected chi connectivity index (χ3v) is 5.12. The minimum Gasteiger partial charge on any atom is -0.327 e. The molecule has 1 atom stereocenters. The maximum atomic E-state index is 12.3. The van der Waals surface area contributed by atoms with Crippen molar-refractivity contribution in [1.82, 2.24) is 4.98 Å². The van der Waals surface area contributed by atoms with Gasteiger partial charge in [0.05, 0.1) is 12.1 Å². The summed E-state index contributed by atoms with van der Waals surface area (Å²) in [5, 5.41) is 3.64. The average molecular weight is 352 g/mol. The Morgan fingerprint density at radius 2 is 2.22 bits per heavy atom. The zero-order valence-electron chi connectivity index (χ0n) is 13.4. The highest BCUT2D eigenvalue weighted by atomic mass is 35.5. The number of aryl methyl sites for hydroxylation is 3. The maximum absolute atomic E-state index is 12.3. The standard InChI is InChI=1S/C17H21N3OS.ClH/c1-10-3-4-11(2)12(7-10)8-16(21)20-17-19-14-6-5-13(18)9-15(14)22-17;/h3-4,7,13H,5-6,8-9,18H2,1-2H3,(H,19,20,21);1H/t13-;/m0./s1. The third kappa shape index (κ3) is 4.31. The molecular formula is C17H22ClN3OS. The van der Waals surface area contributed by atoms with E-state index in [1.165, 1.54) is 10.4 Å². The molecule has 1 aliphatic carbocycles. The number of nitrogens with zero attached hydrogens (tertiary/aromatic N) is 1. The SMILES string of the molecule is Cc1ccc(C)c(CC(=O)Nc2nc3c(s2)C[C@@H](N)CC3)c1.Cl. The Balaban J connectivity index is 0.00000192. The summed E-state index contributed by atoms with van der Waals surface area (Å²) >= 11 is 1.56. The number of benzene rings is 1. The average Bonchev–Trinajstić information content (AvgIpc) is 2.84. The molecular weight excluding hydrogens is 330 g/mol. The fourth-order valence-corrected chi connectivity index (χ4v) is 3.90. The molecule has 0 radical (unpaired) electrons. The summed E-state index contributed by atoms with van der Waals surface area (Å²) in [4.78, 5) is 18.0. The molecule has 0 aliphatic heterocycles. The van der Waals surface area contributed by atoms with E-state index in [0.29, 0.717) is 11.6 Å². The van der Waals surface area contributed by atoms with Gasteiger partial charge in [0, 0.05) is 10.9 Å². The van der Waals surface area contributed by atoms with Crippen LogP contribution in [0.3, 0.4) is 0 Å². The van der Waals surface area contributed by atoms with Crippen LogP contribution in [0.1, 0.15) is 33.7 Å². The number of anilines is 1. The molecule has 1 amide bonds. The molecule has 0 saturated carbocycles. The summed E-state index contributed by atoms with van der Waals surface area (Å²) in [5.74, 6) is -0.0101. The Kier molecular flexibility index (Phi) is 5.79. The van der Waals surface area contributed by atoms with Crippen LogP contribution < -0.4 is 11.1 Å². The molecule has 4 nitrogen and oxygen atoms in total. The molecule has 1 aliphatic rings. The summed E-state index contributed by atoms with van der Waals surface area (Å²) in [6, 6.07) is 6.42. The molecule has 0 unspecified atom stereocenters. The number of nitrogens with one attached hydrogen (secondary N) is 1. The van der Waals surface area contributed by atoms with Gasteiger partial charge in [0.25, 0.3) is 0 Å². The minimum absolute atomic E-state index is 0. The van der Waals surface area contributed by atoms with Crippen molar-refractivity contribution in [3.8, 4) is 0 Å². The van der Waals surface area contributed by atoms with Crippen LogP contribution in [0.25, 0.3) is 0 Å². The molecule has 0 spiro atoms. The summed E-state index contributed by atoms with van der Waals surface area (Å²) in [7, 11) is 0. The predicted octanol–water partition coefficient (Wildman–Crippen LogP) is 3.18. The minimum atomic E-state index is -0.0101. The summed E-state index contributed by atoms with van der Waals surface area (Å²) in [6.45, 7) is 4.07. The Bertz CT molecular complexity index is 714. The van der Waals surface area contributed by atoms with E-state index in [1.807, 2.05) is 13.8 Å². The van der Waals surface area contributed by atoms with Crippen molar-refractivity contribution in [1.29, 1.82) is 0 Å². The number of fused-ring (bicyclic) bond motifs is 1. The zero-order valence-corrected chi connectivity index (χ0v) is 15.0. The Morgan fingerprint density at radius 1 is 1.43 bits per heavy atom. The Labute approximate surface area is 146 Å². The largest absolute Gasteiger partial charge is 0.327 e. The van der Waals surface area contributed by atoms with E-state index in [0.717, 1.165) is 36.1 Å². The van der Waals surface area contributed by atoms with Gasteiger partial charge in [0.15, 0.2) is 5.13 Å². The number of aromatic nitrogens is 1. The molecule has 3 N–H and O–H groups in total. The van der Waals surface area contributed by atoms with Crippen LogP contribution in [0.15, 0.2) is 18.2 Å². The second-order valence-corrected chi connectivity index (χ2v) is 7.13. The molecule has 0 bridgehead atoms. The van der Waals surface area contributed by atoms with Gasteiger partial charge in [0.2, 0.25) is 5.91 Å². The van der Waals surface area contributed by atoms with Crippen molar-refractivity contribution < 1.29 is 4.79 Å². The third-order valence-electron chi connectivity index (χ3n) is 4.08. The smallest absolute Gasteiger partial charge is 0.230 e.